The molecule has 0 aliphatic rings. The van der Waals surface area contributed by atoms with Gasteiger partial charge in [-0.1, -0.05) is 72.8 Å². The molecule has 172 valence electrons. The van der Waals surface area contributed by atoms with Crippen molar-refractivity contribution in [1.29, 1.82) is 0 Å². The van der Waals surface area contributed by atoms with Crippen LogP contribution >= 0.6 is 14.7 Å². The molecule has 7 heteroatoms. The maximum absolute atomic E-state index is 13.9. The Labute approximate surface area is 199 Å². The first kappa shape index (κ1) is 24.1. The van der Waals surface area contributed by atoms with E-state index in [2.05, 4.69) is 0 Å². The first-order chi connectivity index (χ1) is 16.5. The van der Waals surface area contributed by atoms with Crippen molar-refractivity contribution in [3.8, 4) is 0 Å². The van der Waals surface area contributed by atoms with E-state index in [1.54, 1.807) is 97.1 Å². The fourth-order valence-electron chi connectivity index (χ4n) is 3.46. The zero-order valence-corrected chi connectivity index (χ0v) is 20.2. The zero-order valence-electron chi connectivity index (χ0n) is 18.4. The van der Waals surface area contributed by atoms with Gasteiger partial charge in [0.1, 0.15) is 13.2 Å². The van der Waals surface area contributed by atoms with E-state index in [0.29, 0.717) is 21.2 Å². The van der Waals surface area contributed by atoms with Crippen molar-refractivity contribution in [2.45, 2.75) is 0 Å². The van der Waals surface area contributed by atoms with Crippen LogP contribution < -0.4 is 21.2 Å². The second-order valence-electron chi connectivity index (χ2n) is 7.53. The highest BCUT2D eigenvalue weighted by molar-refractivity contribution is 7.74. The van der Waals surface area contributed by atoms with Crippen LogP contribution in [0.1, 0.15) is 0 Å². The average molecular weight is 490 g/mol. The molecule has 0 saturated carbocycles. The van der Waals surface area contributed by atoms with Crippen LogP contribution in [0.25, 0.3) is 0 Å². The van der Waals surface area contributed by atoms with Gasteiger partial charge in [-0.25, -0.2) is 0 Å². The number of carbonyl (C=O) groups is 1. The molecule has 0 radical (unpaired) electrons. The van der Waals surface area contributed by atoms with Gasteiger partial charge in [0, 0.05) is 21.2 Å². The lowest BCUT2D eigenvalue weighted by molar-refractivity contribution is -0.122. The van der Waals surface area contributed by atoms with Crippen LogP contribution in [0, 0.1) is 0 Å². The van der Waals surface area contributed by atoms with Gasteiger partial charge in [-0.15, -0.1) is 0 Å². The van der Waals surface area contributed by atoms with Crippen LogP contribution in [0.2, 0.25) is 0 Å². The molecule has 0 aromatic heterocycles. The number of ketones is 1. The lowest BCUT2D eigenvalue weighted by Crippen LogP contribution is -2.24. The predicted octanol–water partition coefficient (Wildman–Crippen LogP) is 4.45. The Morgan fingerprint density at radius 1 is 0.471 bits per heavy atom. The summed E-state index contributed by atoms with van der Waals surface area (Å²) >= 11 is 0. The molecule has 0 saturated heterocycles. The highest BCUT2D eigenvalue weighted by atomic mass is 31.2. The van der Waals surface area contributed by atoms with Gasteiger partial charge in [0.25, 0.3) is 14.7 Å². The molecular weight excluding hydrogens is 466 g/mol. The number of hydrogen-bond acceptors (Lipinski definition) is 5. The summed E-state index contributed by atoms with van der Waals surface area (Å²) in [6, 6.07) is 35.2. The number of benzene rings is 4. The van der Waals surface area contributed by atoms with E-state index in [4.69, 9.17) is 9.05 Å². The topological polar surface area (TPSA) is 69.7 Å². The van der Waals surface area contributed by atoms with Crippen molar-refractivity contribution < 1.29 is 23.0 Å². The maximum atomic E-state index is 13.9. The molecule has 4 aromatic carbocycles. The second-order valence-corrected chi connectivity index (χ2v) is 12.3. The van der Waals surface area contributed by atoms with E-state index in [1.807, 2.05) is 24.3 Å². The Bertz CT molecular complexity index is 1120. The fraction of sp³-hybridized carbons (Fsp3) is 0.0741. The summed E-state index contributed by atoms with van der Waals surface area (Å²) in [4.78, 5) is 12.8. The highest BCUT2D eigenvalue weighted by Crippen LogP contribution is 2.46. The molecule has 5 nitrogen and oxygen atoms in total. The molecule has 0 amide bonds. The first-order valence-corrected chi connectivity index (χ1v) is 14.0. The summed E-state index contributed by atoms with van der Waals surface area (Å²) in [6.07, 6.45) is 0. The third-order valence-electron chi connectivity index (χ3n) is 5.20. The standard InChI is InChI=1S/C27H24O5P2/c28-23(21-31-33(29,24-13-5-1-6-14-24)25-15-7-2-8-16-25)22-32-34(30,26-17-9-3-10-18-26)27-19-11-4-12-20-27/h1-20H,21-22H2. The van der Waals surface area contributed by atoms with E-state index < -0.39 is 33.7 Å². The molecular formula is C27H24O5P2. The van der Waals surface area contributed by atoms with Crippen molar-refractivity contribution in [3.63, 3.8) is 0 Å². The summed E-state index contributed by atoms with van der Waals surface area (Å²) in [5, 5.41) is 1.98. The summed E-state index contributed by atoms with van der Waals surface area (Å²) in [5.41, 5.74) is 0. The smallest absolute Gasteiger partial charge is 0.261 e. The summed E-state index contributed by atoms with van der Waals surface area (Å²) < 4.78 is 39.3. The maximum Gasteiger partial charge on any atom is 0.261 e. The van der Waals surface area contributed by atoms with E-state index in [1.165, 1.54) is 0 Å². The van der Waals surface area contributed by atoms with Crippen LogP contribution in [0.5, 0.6) is 0 Å². The number of hydrogen-bond donors (Lipinski definition) is 0. The molecule has 0 N–H and O–H groups in total. The average Bonchev–Trinajstić information content (AvgIpc) is 2.92. The molecule has 0 bridgehead atoms. The molecule has 0 atom stereocenters. The highest BCUT2D eigenvalue weighted by Gasteiger charge is 2.32. The lowest BCUT2D eigenvalue weighted by atomic mass is 10.4. The minimum absolute atomic E-state index is 0.440. The third kappa shape index (κ3) is 5.35. The third-order valence-corrected chi connectivity index (χ3v) is 10.1. The van der Waals surface area contributed by atoms with Gasteiger partial charge in [-0.05, 0) is 48.5 Å². The molecule has 0 unspecified atom stereocenters. The summed E-state index contributed by atoms with van der Waals surface area (Å²) in [6.45, 7) is -0.880. The van der Waals surface area contributed by atoms with Crippen molar-refractivity contribution in [3.05, 3.63) is 121 Å². The lowest BCUT2D eigenvalue weighted by Gasteiger charge is -2.21. The van der Waals surface area contributed by atoms with Crippen LogP contribution in [0.3, 0.4) is 0 Å². The monoisotopic (exact) mass is 490 g/mol. The summed E-state index contributed by atoms with van der Waals surface area (Å²) in [7, 11) is -7.01. The van der Waals surface area contributed by atoms with Crippen LogP contribution in [-0.4, -0.2) is 19.0 Å². The van der Waals surface area contributed by atoms with Gasteiger partial charge >= 0.3 is 0 Å². The van der Waals surface area contributed by atoms with Crippen LogP contribution in [0.4, 0.5) is 0 Å². The summed E-state index contributed by atoms with van der Waals surface area (Å²) in [5.74, 6) is -0.459. The van der Waals surface area contributed by atoms with Crippen molar-refractivity contribution in [2.75, 3.05) is 13.2 Å². The molecule has 0 spiro atoms. The number of rotatable bonds is 10. The van der Waals surface area contributed by atoms with E-state index >= 15 is 0 Å². The van der Waals surface area contributed by atoms with Gasteiger partial charge in [0.15, 0.2) is 5.78 Å². The molecule has 4 rings (SSSR count). The minimum atomic E-state index is -3.50. The van der Waals surface area contributed by atoms with Gasteiger partial charge < -0.3 is 9.05 Å². The van der Waals surface area contributed by atoms with Crippen molar-refractivity contribution >= 4 is 41.7 Å². The van der Waals surface area contributed by atoms with Crippen LogP contribution in [0.15, 0.2) is 121 Å². The predicted molar refractivity (Wildman–Crippen MR) is 136 cm³/mol. The SMILES string of the molecule is O=C(COP(=O)(c1ccccc1)c1ccccc1)COP(=O)(c1ccccc1)c1ccccc1. The van der Waals surface area contributed by atoms with E-state index in [0.717, 1.165) is 0 Å². The molecule has 0 fully saturated rings. The first-order valence-electron chi connectivity index (χ1n) is 10.8. The van der Waals surface area contributed by atoms with E-state index in [9.17, 15) is 13.9 Å². The van der Waals surface area contributed by atoms with Gasteiger partial charge in [0.2, 0.25) is 0 Å². The Morgan fingerprint density at radius 3 is 0.941 bits per heavy atom. The number of carbonyl (C=O) groups excluding carboxylic acids is 1. The Hall–Kier alpha value is -3.07. The molecule has 0 aliphatic heterocycles. The fourth-order valence-corrected chi connectivity index (χ4v) is 7.56. The molecule has 4 aromatic rings. The van der Waals surface area contributed by atoms with Gasteiger partial charge in [-0.3, -0.25) is 13.9 Å². The quantitative estimate of drug-likeness (QED) is 0.308. The normalized spacial score (nSPS) is 11.8. The van der Waals surface area contributed by atoms with Crippen molar-refractivity contribution in [2.24, 2.45) is 0 Å². The Balaban J connectivity index is 1.52. The number of Topliss-reactive ketones (excluding diaryl/α,β-unsaturated/α-hetero) is 1. The van der Waals surface area contributed by atoms with E-state index in [-0.39, 0.29) is 0 Å². The second kappa shape index (κ2) is 10.9. The largest absolute Gasteiger partial charge is 0.314 e. The molecule has 0 heterocycles. The van der Waals surface area contributed by atoms with Gasteiger partial charge in [0.05, 0.1) is 0 Å². The molecule has 34 heavy (non-hydrogen) atoms. The van der Waals surface area contributed by atoms with Gasteiger partial charge in [-0.2, -0.15) is 0 Å². The Morgan fingerprint density at radius 2 is 0.706 bits per heavy atom. The molecule has 0 aliphatic carbocycles. The van der Waals surface area contributed by atoms with Crippen LogP contribution in [-0.2, 0) is 23.0 Å². The minimum Gasteiger partial charge on any atom is -0.314 e. The zero-order chi connectivity index (χ0) is 23.9. The van der Waals surface area contributed by atoms with Crippen molar-refractivity contribution in [1.82, 2.24) is 0 Å². The Kier molecular flexibility index (Phi) is 7.72.